The molecular formula is C27H29N3O4S. The summed E-state index contributed by atoms with van der Waals surface area (Å²) in [5, 5.41) is 5.31. The Bertz CT molecular complexity index is 1160. The molecule has 2 aromatic rings. The first-order valence-corrected chi connectivity index (χ1v) is 11.5. The van der Waals surface area contributed by atoms with Crippen LogP contribution in [-0.2, 0) is 14.3 Å². The molecule has 8 heteroatoms. The fourth-order valence-corrected chi connectivity index (χ4v) is 3.41. The summed E-state index contributed by atoms with van der Waals surface area (Å²) in [6.07, 6.45) is 10.4. The molecule has 0 radical (unpaired) electrons. The van der Waals surface area contributed by atoms with Crippen LogP contribution < -0.4 is 10.6 Å². The normalized spacial score (nSPS) is 12.3. The van der Waals surface area contributed by atoms with E-state index in [2.05, 4.69) is 35.2 Å². The number of hydrogen-bond donors (Lipinski definition) is 3. The average molecular weight is 492 g/mol. The number of aryl methyl sites for hydroxylation is 1. The molecule has 0 aromatic heterocycles. The highest BCUT2D eigenvalue weighted by molar-refractivity contribution is 7.80. The van der Waals surface area contributed by atoms with E-state index in [1.807, 2.05) is 19.1 Å². The summed E-state index contributed by atoms with van der Waals surface area (Å²) in [5.74, 6) is 1.21. The van der Waals surface area contributed by atoms with E-state index in [1.54, 1.807) is 57.2 Å². The van der Waals surface area contributed by atoms with Gasteiger partial charge in [-0.1, -0.05) is 42.7 Å². The van der Waals surface area contributed by atoms with Crippen molar-refractivity contribution in [2.75, 3.05) is 11.1 Å². The van der Waals surface area contributed by atoms with E-state index in [0.717, 1.165) is 10.5 Å². The van der Waals surface area contributed by atoms with Gasteiger partial charge in [0.1, 0.15) is 17.7 Å². The standard InChI is InChI=1S/C27H29N3O4S/c1-7-19-13-15-20(16-14-19)23(24(31)28-21-12-10-9-11-18(21)3)30(8-2)25(32)22(17-35)29-26(33)34-27(4,5)6/h1-2,9-16,22-23,35H,17H2,3-6H3,(H,28,31)(H,29,33). The molecule has 35 heavy (non-hydrogen) atoms. The predicted molar refractivity (Wildman–Crippen MR) is 140 cm³/mol. The van der Waals surface area contributed by atoms with Crippen LogP contribution in [0, 0.1) is 31.7 Å². The third kappa shape index (κ3) is 7.56. The Kier molecular flexibility index (Phi) is 9.39. The summed E-state index contributed by atoms with van der Waals surface area (Å²) in [7, 11) is 0. The molecule has 3 amide bonds. The van der Waals surface area contributed by atoms with E-state index in [4.69, 9.17) is 17.6 Å². The molecule has 0 aliphatic carbocycles. The highest BCUT2D eigenvalue weighted by atomic mass is 32.1. The third-order valence-electron chi connectivity index (χ3n) is 4.85. The van der Waals surface area contributed by atoms with E-state index < -0.39 is 35.6 Å². The second-order valence-electron chi connectivity index (χ2n) is 8.69. The van der Waals surface area contributed by atoms with Gasteiger partial charge in [0.25, 0.3) is 11.8 Å². The lowest BCUT2D eigenvalue weighted by atomic mass is 10.0. The molecule has 7 nitrogen and oxygen atoms in total. The molecule has 0 fully saturated rings. The maximum atomic E-state index is 13.5. The van der Waals surface area contributed by atoms with Gasteiger partial charge in [-0.05, 0) is 57.0 Å². The van der Waals surface area contributed by atoms with Gasteiger partial charge in [-0.15, -0.1) is 6.42 Å². The zero-order valence-electron chi connectivity index (χ0n) is 20.2. The van der Waals surface area contributed by atoms with Crippen LogP contribution in [0.2, 0.25) is 0 Å². The monoisotopic (exact) mass is 491 g/mol. The number of thiol groups is 1. The average Bonchev–Trinajstić information content (AvgIpc) is 2.81. The number of nitrogens with one attached hydrogen (secondary N) is 2. The Morgan fingerprint density at radius 3 is 2.23 bits per heavy atom. The fraction of sp³-hybridized carbons (Fsp3) is 0.296. The maximum absolute atomic E-state index is 13.5. The number of para-hydroxylation sites is 1. The lowest BCUT2D eigenvalue weighted by Crippen LogP contribution is -2.51. The lowest BCUT2D eigenvalue weighted by Gasteiger charge is -2.30. The molecular weight excluding hydrogens is 462 g/mol. The van der Waals surface area contributed by atoms with Crippen LogP contribution in [0.4, 0.5) is 10.5 Å². The van der Waals surface area contributed by atoms with Crippen molar-refractivity contribution in [3.8, 4) is 24.8 Å². The SMILES string of the molecule is C#Cc1ccc(C(C(=O)Nc2ccccc2C)N(C#C)C(=O)C(CS)NC(=O)OC(C)(C)C)cc1. The number of anilines is 1. The quantitative estimate of drug-likeness (QED) is 0.312. The van der Waals surface area contributed by atoms with Crippen molar-refractivity contribution < 1.29 is 19.1 Å². The number of benzene rings is 2. The Balaban J connectivity index is 2.43. The van der Waals surface area contributed by atoms with E-state index in [1.165, 1.54) is 0 Å². The Morgan fingerprint density at radius 1 is 1.09 bits per heavy atom. The van der Waals surface area contributed by atoms with Crippen molar-refractivity contribution in [2.45, 2.75) is 45.4 Å². The Hall–Kier alpha value is -3.88. The topological polar surface area (TPSA) is 87.7 Å². The van der Waals surface area contributed by atoms with Crippen LogP contribution in [0.15, 0.2) is 48.5 Å². The highest BCUT2D eigenvalue weighted by Crippen LogP contribution is 2.25. The van der Waals surface area contributed by atoms with Crippen molar-refractivity contribution in [1.29, 1.82) is 0 Å². The molecule has 0 spiro atoms. The summed E-state index contributed by atoms with van der Waals surface area (Å²) >= 11 is 4.19. The molecule has 2 N–H and O–H groups in total. The molecule has 0 saturated carbocycles. The van der Waals surface area contributed by atoms with Gasteiger partial charge in [-0.25, -0.2) is 4.79 Å². The van der Waals surface area contributed by atoms with Gasteiger partial charge in [0.15, 0.2) is 0 Å². The number of amides is 3. The molecule has 0 bridgehead atoms. The van der Waals surface area contributed by atoms with Gasteiger partial charge in [0.2, 0.25) is 0 Å². The number of terminal acetylenes is 2. The van der Waals surface area contributed by atoms with E-state index in [9.17, 15) is 14.4 Å². The summed E-state index contributed by atoms with van der Waals surface area (Å²) in [6.45, 7) is 6.94. The van der Waals surface area contributed by atoms with Gasteiger partial charge in [0, 0.05) is 23.0 Å². The van der Waals surface area contributed by atoms with Crippen LogP contribution in [0.5, 0.6) is 0 Å². The summed E-state index contributed by atoms with van der Waals surface area (Å²) in [6, 6.07) is 13.7. The molecule has 0 saturated heterocycles. The summed E-state index contributed by atoms with van der Waals surface area (Å²) in [4.78, 5) is 40.1. The minimum Gasteiger partial charge on any atom is -0.444 e. The first-order valence-electron chi connectivity index (χ1n) is 10.8. The van der Waals surface area contributed by atoms with Crippen molar-refractivity contribution in [1.82, 2.24) is 10.2 Å². The van der Waals surface area contributed by atoms with Crippen LogP contribution in [0.1, 0.15) is 43.5 Å². The molecule has 0 heterocycles. The number of nitrogens with zero attached hydrogens (tertiary/aromatic N) is 1. The highest BCUT2D eigenvalue weighted by Gasteiger charge is 2.35. The predicted octanol–water partition coefficient (Wildman–Crippen LogP) is 3.90. The van der Waals surface area contributed by atoms with Crippen molar-refractivity contribution in [3.05, 3.63) is 65.2 Å². The second kappa shape index (κ2) is 12.0. The van der Waals surface area contributed by atoms with Gasteiger partial charge in [0.05, 0.1) is 0 Å². The summed E-state index contributed by atoms with van der Waals surface area (Å²) in [5.41, 5.74) is 1.68. The molecule has 0 aliphatic heterocycles. The molecule has 182 valence electrons. The lowest BCUT2D eigenvalue weighted by molar-refractivity contribution is -0.136. The minimum absolute atomic E-state index is 0.0710. The summed E-state index contributed by atoms with van der Waals surface area (Å²) < 4.78 is 5.24. The van der Waals surface area contributed by atoms with Gasteiger partial charge in [-0.2, -0.15) is 12.6 Å². The minimum atomic E-state index is -1.21. The molecule has 2 aromatic carbocycles. The first kappa shape index (κ1) is 27.4. The number of hydrogen-bond acceptors (Lipinski definition) is 5. The number of alkyl carbamates (subject to hydrolysis) is 1. The molecule has 2 unspecified atom stereocenters. The molecule has 2 atom stereocenters. The smallest absolute Gasteiger partial charge is 0.408 e. The Morgan fingerprint density at radius 2 is 1.71 bits per heavy atom. The van der Waals surface area contributed by atoms with Crippen molar-refractivity contribution in [3.63, 3.8) is 0 Å². The van der Waals surface area contributed by atoms with Crippen molar-refractivity contribution >= 4 is 36.2 Å². The largest absolute Gasteiger partial charge is 0.444 e. The zero-order valence-corrected chi connectivity index (χ0v) is 21.1. The Labute approximate surface area is 212 Å². The third-order valence-corrected chi connectivity index (χ3v) is 5.22. The number of carbonyl (C=O) groups excluding carboxylic acids is 3. The number of carbonyl (C=O) groups is 3. The van der Waals surface area contributed by atoms with Crippen LogP contribution in [-0.4, -0.2) is 40.2 Å². The van der Waals surface area contributed by atoms with E-state index in [0.29, 0.717) is 16.8 Å². The van der Waals surface area contributed by atoms with Gasteiger partial charge < -0.3 is 15.4 Å². The van der Waals surface area contributed by atoms with Crippen molar-refractivity contribution in [2.24, 2.45) is 0 Å². The number of ether oxygens (including phenoxy) is 1. The first-order chi connectivity index (χ1) is 16.5. The van der Waals surface area contributed by atoms with Crippen LogP contribution >= 0.6 is 12.6 Å². The van der Waals surface area contributed by atoms with E-state index in [-0.39, 0.29) is 5.75 Å². The van der Waals surface area contributed by atoms with E-state index >= 15 is 0 Å². The fourth-order valence-electron chi connectivity index (χ4n) is 3.16. The van der Waals surface area contributed by atoms with Gasteiger partial charge in [-0.3, -0.25) is 14.5 Å². The second-order valence-corrected chi connectivity index (χ2v) is 9.06. The maximum Gasteiger partial charge on any atom is 0.408 e. The molecule has 2 rings (SSSR count). The zero-order chi connectivity index (χ0) is 26.2. The van der Waals surface area contributed by atoms with Gasteiger partial charge >= 0.3 is 6.09 Å². The van der Waals surface area contributed by atoms with Crippen LogP contribution in [0.3, 0.4) is 0 Å². The number of rotatable bonds is 7. The van der Waals surface area contributed by atoms with Crippen LogP contribution in [0.25, 0.3) is 0 Å². The molecule has 0 aliphatic rings.